The maximum atomic E-state index is 6.18. The molecule has 0 unspecified atom stereocenters. The van der Waals surface area contributed by atoms with E-state index in [1.54, 1.807) is 0 Å². The SMILES string of the molecule is CC1(C)OB(c2ccc(-c3ccc(-c4ccc(B5OC(C)(C)C(C)(C)O5)cc4)[nH]3)cc2)OC1(C)C. The van der Waals surface area contributed by atoms with Gasteiger partial charge < -0.3 is 23.6 Å². The summed E-state index contributed by atoms with van der Waals surface area (Å²) in [6.07, 6.45) is 0. The molecule has 3 heterocycles. The molecule has 5 rings (SSSR count). The lowest BCUT2D eigenvalue weighted by atomic mass is 9.79. The zero-order valence-electron chi connectivity index (χ0n) is 22.1. The van der Waals surface area contributed by atoms with Gasteiger partial charge in [0.25, 0.3) is 0 Å². The van der Waals surface area contributed by atoms with Crippen LogP contribution >= 0.6 is 0 Å². The summed E-state index contributed by atoms with van der Waals surface area (Å²) in [5, 5.41) is 0. The largest absolute Gasteiger partial charge is 0.494 e. The Balaban J connectivity index is 1.29. The number of aromatic amines is 1. The molecule has 1 N–H and O–H groups in total. The lowest BCUT2D eigenvalue weighted by Gasteiger charge is -2.32. The van der Waals surface area contributed by atoms with Crippen molar-refractivity contribution in [3.8, 4) is 22.5 Å². The molecule has 2 fully saturated rings. The van der Waals surface area contributed by atoms with Crippen LogP contribution < -0.4 is 10.9 Å². The van der Waals surface area contributed by atoms with Crippen molar-refractivity contribution < 1.29 is 18.6 Å². The molecule has 0 radical (unpaired) electrons. The summed E-state index contributed by atoms with van der Waals surface area (Å²) in [6.45, 7) is 16.6. The molecule has 0 amide bonds. The van der Waals surface area contributed by atoms with E-state index in [1.165, 1.54) is 0 Å². The Hall–Kier alpha value is -2.31. The average Bonchev–Trinajstić information content (AvgIpc) is 3.41. The maximum absolute atomic E-state index is 6.18. The number of aromatic nitrogens is 1. The third-order valence-corrected chi connectivity index (χ3v) is 8.18. The molecule has 35 heavy (non-hydrogen) atoms. The van der Waals surface area contributed by atoms with Gasteiger partial charge in [0.2, 0.25) is 0 Å². The van der Waals surface area contributed by atoms with Crippen molar-refractivity contribution >= 4 is 25.2 Å². The van der Waals surface area contributed by atoms with Crippen LogP contribution in [0.5, 0.6) is 0 Å². The predicted octanol–water partition coefficient (Wildman–Crippen LogP) is 4.95. The highest BCUT2D eigenvalue weighted by atomic mass is 16.7. The van der Waals surface area contributed by atoms with E-state index in [2.05, 4.69) is 121 Å². The molecular weight excluding hydrogens is 436 g/mol. The van der Waals surface area contributed by atoms with Crippen molar-refractivity contribution in [1.29, 1.82) is 0 Å². The summed E-state index contributed by atoms with van der Waals surface area (Å²) in [4.78, 5) is 3.55. The van der Waals surface area contributed by atoms with Gasteiger partial charge in [-0.1, -0.05) is 48.5 Å². The van der Waals surface area contributed by atoms with E-state index in [0.29, 0.717) is 0 Å². The Morgan fingerprint density at radius 2 is 0.743 bits per heavy atom. The van der Waals surface area contributed by atoms with Gasteiger partial charge in [-0.2, -0.15) is 0 Å². The standard InChI is InChI=1S/C28H35B2NO4/c1-25(2)26(3,4)33-29(32-25)21-13-9-19(10-14-21)23-17-18-24(31-23)20-11-15-22(16-12-20)30-34-27(5,6)28(7,8)35-30/h9-18,31H,1-8H3. The Kier molecular flexibility index (Phi) is 5.65. The Bertz CT molecular complexity index is 1090. The highest BCUT2D eigenvalue weighted by molar-refractivity contribution is 6.62. The van der Waals surface area contributed by atoms with Crippen LogP contribution in [0.25, 0.3) is 22.5 Å². The van der Waals surface area contributed by atoms with Crippen molar-refractivity contribution in [2.75, 3.05) is 0 Å². The van der Waals surface area contributed by atoms with Gasteiger partial charge in [-0.15, -0.1) is 0 Å². The Morgan fingerprint density at radius 3 is 1.03 bits per heavy atom. The summed E-state index contributed by atoms with van der Waals surface area (Å²) >= 11 is 0. The van der Waals surface area contributed by atoms with Crippen LogP contribution in [0, 0.1) is 0 Å². The molecular formula is C28H35B2NO4. The number of benzene rings is 2. The number of rotatable bonds is 4. The van der Waals surface area contributed by atoms with Crippen LogP contribution in [0.15, 0.2) is 60.7 Å². The normalized spacial score (nSPS) is 22.1. The fourth-order valence-electron chi connectivity index (χ4n) is 4.33. The molecule has 2 saturated heterocycles. The number of hydrogen-bond acceptors (Lipinski definition) is 4. The summed E-state index contributed by atoms with van der Waals surface area (Å²) in [6, 6.07) is 21.0. The first-order valence-corrected chi connectivity index (χ1v) is 12.4. The van der Waals surface area contributed by atoms with Crippen molar-refractivity contribution in [3.63, 3.8) is 0 Å². The maximum Gasteiger partial charge on any atom is 0.494 e. The first kappa shape index (κ1) is 24.4. The third kappa shape index (κ3) is 4.29. The van der Waals surface area contributed by atoms with E-state index in [9.17, 15) is 0 Å². The highest BCUT2D eigenvalue weighted by Crippen LogP contribution is 2.37. The van der Waals surface area contributed by atoms with E-state index < -0.39 is 0 Å². The van der Waals surface area contributed by atoms with Gasteiger partial charge in [-0.25, -0.2) is 0 Å². The molecule has 1 aromatic heterocycles. The molecule has 0 bridgehead atoms. The van der Waals surface area contributed by atoms with E-state index in [-0.39, 0.29) is 36.6 Å². The monoisotopic (exact) mass is 471 g/mol. The van der Waals surface area contributed by atoms with Crippen molar-refractivity contribution in [2.24, 2.45) is 0 Å². The van der Waals surface area contributed by atoms with Crippen LogP contribution in [0.3, 0.4) is 0 Å². The zero-order chi connectivity index (χ0) is 25.2. The minimum absolute atomic E-state index is 0.345. The first-order chi connectivity index (χ1) is 16.3. The molecule has 2 aromatic carbocycles. The van der Waals surface area contributed by atoms with E-state index in [0.717, 1.165) is 33.4 Å². The van der Waals surface area contributed by atoms with Gasteiger partial charge in [0, 0.05) is 11.4 Å². The van der Waals surface area contributed by atoms with Crippen LogP contribution in [0.1, 0.15) is 55.4 Å². The summed E-state index contributed by atoms with van der Waals surface area (Å²) in [5.41, 5.74) is 5.04. The zero-order valence-corrected chi connectivity index (χ0v) is 22.1. The predicted molar refractivity (Wildman–Crippen MR) is 143 cm³/mol. The van der Waals surface area contributed by atoms with E-state index in [4.69, 9.17) is 18.6 Å². The van der Waals surface area contributed by atoms with Crippen LogP contribution in [-0.2, 0) is 18.6 Å². The van der Waals surface area contributed by atoms with Gasteiger partial charge in [0.05, 0.1) is 22.4 Å². The highest BCUT2D eigenvalue weighted by Gasteiger charge is 2.52. The molecule has 182 valence electrons. The Morgan fingerprint density at radius 1 is 0.457 bits per heavy atom. The molecule has 2 aliphatic rings. The number of H-pyrrole nitrogens is 1. The van der Waals surface area contributed by atoms with Gasteiger partial charge in [0.1, 0.15) is 0 Å². The summed E-state index contributed by atoms with van der Waals surface area (Å²) in [5.74, 6) is 0. The summed E-state index contributed by atoms with van der Waals surface area (Å²) in [7, 11) is -0.702. The molecule has 2 aliphatic heterocycles. The lowest BCUT2D eigenvalue weighted by molar-refractivity contribution is 0.00578. The number of nitrogens with one attached hydrogen (secondary N) is 1. The molecule has 0 aliphatic carbocycles. The quantitative estimate of drug-likeness (QED) is 0.548. The van der Waals surface area contributed by atoms with Gasteiger partial charge >= 0.3 is 14.2 Å². The number of hydrogen-bond donors (Lipinski definition) is 1. The minimum atomic E-state index is -0.351. The van der Waals surface area contributed by atoms with Crippen LogP contribution in [0.4, 0.5) is 0 Å². The van der Waals surface area contributed by atoms with Gasteiger partial charge in [-0.3, -0.25) is 0 Å². The van der Waals surface area contributed by atoms with Crippen LogP contribution in [0.2, 0.25) is 0 Å². The minimum Gasteiger partial charge on any atom is -0.399 e. The summed E-state index contributed by atoms with van der Waals surface area (Å²) < 4.78 is 24.7. The van der Waals surface area contributed by atoms with Gasteiger partial charge in [-0.05, 0) is 89.6 Å². The molecule has 5 nitrogen and oxygen atoms in total. The van der Waals surface area contributed by atoms with Gasteiger partial charge in [0.15, 0.2) is 0 Å². The van der Waals surface area contributed by atoms with Crippen molar-refractivity contribution in [1.82, 2.24) is 4.98 Å². The second-order valence-corrected chi connectivity index (χ2v) is 11.7. The molecule has 0 saturated carbocycles. The molecule has 0 atom stereocenters. The second kappa shape index (κ2) is 8.10. The van der Waals surface area contributed by atoms with E-state index >= 15 is 0 Å². The lowest BCUT2D eigenvalue weighted by Crippen LogP contribution is -2.41. The fourth-order valence-corrected chi connectivity index (χ4v) is 4.33. The van der Waals surface area contributed by atoms with Crippen molar-refractivity contribution in [2.45, 2.75) is 77.8 Å². The third-order valence-electron chi connectivity index (χ3n) is 8.18. The fraction of sp³-hybridized carbons (Fsp3) is 0.429. The second-order valence-electron chi connectivity index (χ2n) is 11.7. The molecule has 3 aromatic rings. The van der Waals surface area contributed by atoms with Crippen LogP contribution in [-0.4, -0.2) is 41.6 Å². The van der Waals surface area contributed by atoms with Crippen molar-refractivity contribution in [3.05, 3.63) is 60.7 Å². The molecule has 0 spiro atoms. The molecule has 7 heteroatoms. The smallest absolute Gasteiger partial charge is 0.399 e. The average molecular weight is 471 g/mol. The van der Waals surface area contributed by atoms with E-state index in [1.807, 2.05) is 0 Å². The topological polar surface area (TPSA) is 52.7 Å². The Labute approximate surface area is 209 Å². The first-order valence-electron chi connectivity index (χ1n) is 12.4.